The Bertz CT molecular complexity index is 1770. The number of methoxy groups -OCH3 is 1. The molecule has 0 bridgehead atoms. The molecule has 14 heteroatoms. The molecule has 3 N–H and O–H groups in total. The standard InChI is InChI=1S/C27H20F3N5O4S2/c1-39-20-7-3-5-18(14-20)17-4-2-6-19(13-17)24-23(12-16-8-10-21(11-9-16)41(31)38)34(27(28,29)30)35(33-24)26-32-22(15-40-26)25(36)37/h2-11,13-15H,12,31H2,1H3/p+1. The van der Waals surface area contributed by atoms with E-state index in [-0.39, 0.29) is 27.6 Å². The quantitative estimate of drug-likeness (QED) is 0.249. The molecule has 9 nitrogen and oxygen atoms in total. The number of ether oxygens (including phenoxy) is 1. The highest BCUT2D eigenvalue weighted by molar-refractivity contribution is 7.82. The molecule has 0 saturated heterocycles. The zero-order chi connectivity index (χ0) is 29.3. The van der Waals surface area contributed by atoms with Crippen molar-refractivity contribution >= 4 is 28.3 Å². The largest absolute Gasteiger partial charge is 0.586 e. The van der Waals surface area contributed by atoms with Crippen molar-refractivity contribution in [3.05, 3.63) is 95.1 Å². The monoisotopic (exact) mass is 600 g/mol. The zero-order valence-electron chi connectivity index (χ0n) is 21.2. The van der Waals surface area contributed by atoms with Gasteiger partial charge >= 0.3 is 12.3 Å². The minimum absolute atomic E-state index is 0.0191. The highest BCUT2D eigenvalue weighted by atomic mass is 32.2. The summed E-state index contributed by atoms with van der Waals surface area (Å²) in [4.78, 5) is 16.2. The average molecular weight is 601 g/mol. The molecule has 0 radical (unpaired) electrons. The SMILES string of the molecule is COc1cccc(-c2cccc(-c3nn(-c4nc(C(=O)O)cs4)[n+](C(F)(F)F)c3Cc3ccc(S(N)=O)cc3)c2)c1. The van der Waals surface area contributed by atoms with Crippen LogP contribution in [0, 0.1) is 0 Å². The molecule has 5 rings (SSSR count). The van der Waals surface area contributed by atoms with E-state index in [1.807, 2.05) is 12.1 Å². The number of carbonyl (C=O) groups is 1. The molecule has 0 aliphatic heterocycles. The van der Waals surface area contributed by atoms with Gasteiger partial charge in [0.15, 0.2) is 11.4 Å². The second kappa shape index (κ2) is 11.2. The Kier molecular flexibility index (Phi) is 7.71. The molecule has 0 amide bonds. The second-order valence-corrected chi connectivity index (χ2v) is 10.6. The summed E-state index contributed by atoms with van der Waals surface area (Å²) in [7, 11) is -0.209. The molecule has 210 valence electrons. The lowest BCUT2D eigenvalue weighted by Crippen LogP contribution is -2.56. The zero-order valence-corrected chi connectivity index (χ0v) is 22.8. The first-order valence-corrected chi connectivity index (χ1v) is 13.9. The Morgan fingerprint density at radius 2 is 1.73 bits per heavy atom. The molecule has 41 heavy (non-hydrogen) atoms. The van der Waals surface area contributed by atoms with Crippen molar-refractivity contribution in [1.82, 2.24) is 14.9 Å². The van der Waals surface area contributed by atoms with Crippen LogP contribution in [0.25, 0.3) is 27.5 Å². The smallest absolute Gasteiger partial charge is 0.497 e. The van der Waals surface area contributed by atoms with Crippen LogP contribution in [-0.2, 0) is 23.7 Å². The van der Waals surface area contributed by atoms with Gasteiger partial charge in [-0.25, -0.2) is 19.1 Å². The van der Waals surface area contributed by atoms with E-state index in [1.54, 1.807) is 48.5 Å². The number of nitrogens with two attached hydrogens (primary N) is 1. The average Bonchev–Trinajstić information content (AvgIpc) is 3.59. The number of alkyl halides is 3. The maximum atomic E-state index is 14.7. The Labute approximate surface area is 237 Å². The molecule has 0 spiro atoms. The number of carboxylic acids is 1. The third-order valence-electron chi connectivity index (χ3n) is 6.10. The summed E-state index contributed by atoms with van der Waals surface area (Å²) in [6.45, 7) is 0. The van der Waals surface area contributed by atoms with Crippen molar-refractivity contribution < 1.29 is 36.7 Å². The maximum Gasteiger partial charge on any atom is 0.586 e. The van der Waals surface area contributed by atoms with Crippen LogP contribution < -0.4 is 14.6 Å². The van der Waals surface area contributed by atoms with Gasteiger partial charge in [0.1, 0.15) is 16.7 Å². The maximum absolute atomic E-state index is 14.7. The van der Waals surface area contributed by atoms with E-state index in [0.717, 1.165) is 27.8 Å². The molecular formula is C27H21F3N5O4S2+. The first-order valence-electron chi connectivity index (χ1n) is 11.9. The Morgan fingerprint density at radius 1 is 1.07 bits per heavy atom. The number of benzene rings is 3. The van der Waals surface area contributed by atoms with E-state index >= 15 is 0 Å². The summed E-state index contributed by atoms with van der Waals surface area (Å²) < 4.78 is 61.0. The van der Waals surface area contributed by atoms with Crippen LogP contribution in [0.15, 0.2) is 83.1 Å². The highest BCUT2D eigenvalue weighted by Gasteiger charge is 2.47. The number of thiazole rings is 1. The predicted octanol–water partition coefficient (Wildman–Crippen LogP) is 4.71. The van der Waals surface area contributed by atoms with Crippen LogP contribution in [0.4, 0.5) is 13.2 Å². The fraction of sp³-hybridized carbons (Fsp3) is 0.111. The van der Waals surface area contributed by atoms with Crippen molar-refractivity contribution in [3.63, 3.8) is 0 Å². The van der Waals surface area contributed by atoms with Crippen molar-refractivity contribution in [2.45, 2.75) is 17.6 Å². The fourth-order valence-electron chi connectivity index (χ4n) is 4.22. The number of carboxylic acid groups (broad SMARTS) is 1. The number of hydrogen-bond acceptors (Lipinski definition) is 6. The van der Waals surface area contributed by atoms with Crippen LogP contribution in [0.3, 0.4) is 0 Å². The van der Waals surface area contributed by atoms with Crippen molar-refractivity contribution in [1.29, 1.82) is 0 Å². The molecule has 0 saturated carbocycles. The number of aromatic carboxylic acids is 1. The lowest BCUT2D eigenvalue weighted by atomic mass is 9.99. The van der Waals surface area contributed by atoms with Gasteiger partial charge in [0, 0.05) is 22.2 Å². The second-order valence-electron chi connectivity index (χ2n) is 8.72. The van der Waals surface area contributed by atoms with Crippen LogP contribution in [0.1, 0.15) is 21.7 Å². The molecule has 5 aromatic rings. The van der Waals surface area contributed by atoms with E-state index < -0.39 is 28.9 Å². The van der Waals surface area contributed by atoms with Gasteiger partial charge in [-0.05, 0) is 47.0 Å². The van der Waals surface area contributed by atoms with Crippen molar-refractivity contribution in [2.75, 3.05) is 7.11 Å². The van der Waals surface area contributed by atoms with Gasteiger partial charge in [-0.1, -0.05) is 58.5 Å². The van der Waals surface area contributed by atoms with Crippen LogP contribution in [0.2, 0.25) is 0 Å². The number of nitrogens with zero attached hydrogens (tertiary/aromatic N) is 4. The van der Waals surface area contributed by atoms with E-state index in [1.165, 1.54) is 19.2 Å². The molecular weight excluding hydrogens is 579 g/mol. The van der Waals surface area contributed by atoms with Gasteiger partial charge in [-0.3, -0.25) is 0 Å². The summed E-state index contributed by atoms with van der Waals surface area (Å²) in [6, 6.07) is 20.2. The number of aromatic nitrogens is 4. The summed E-state index contributed by atoms with van der Waals surface area (Å²) in [6.07, 6.45) is -5.16. The van der Waals surface area contributed by atoms with Crippen LogP contribution in [-0.4, -0.2) is 37.3 Å². The first-order chi connectivity index (χ1) is 19.5. The lowest BCUT2D eigenvalue weighted by molar-refractivity contribution is -0.911. The minimum Gasteiger partial charge on any atom is -0.497 e. The molecule has 0 aliphatic carbocycles. The minimum atomic E-state index is -4.95. The normalized spacial score (nSPS) is 12.3. The summed E-state index contributed by atoms with van der Waals surface area (Å²) in [5.74, 6) is -0.755. The third-order valence-corrected chi connectivity index (χ3v) is 7.65. The number of hydrogen-bond donors (Lipinski definition) is 2. The van der Waals surface area contributed by atoms with Crippen molar-refractivity contribution in [3.8, 4) is 33.3 Å². The summed E-state index contributed by atoms with van der Waals surface area (Å²) in [5, 5.41) is 19.9. The molecule has 0 aliphatic rings. The van der Waals surface area contributed by atoms with Gasteiger partial charge in [-0.15, -0.1) is 13.2 Å². The molecule has 2 heterocycles. The van der Waals surface area contributed by atoms with Gasteiger partial charge in [-0.2, -0.15) is 0 Å². The first kappa shape index (κ1) is 28.1. The van der Waals surface area contributed by atoms with Crippen LogP contribution in [0.5, 0.6) is 5.75 Å². The highest BCUT2D eigenvalue weighted by Crippen LogP contribution is 2.32. The fourth-order valence-corrected chi connectivity index (χ4v) is 5.36. The lowest BCUT2D eigenvalue weighted by Gasteiger charge is -2.08. The summed E-state index contributed by atoms with van der Waals surface area (Å²) in [5.41, 5.74) is 1.78. The van der Waals surface area contributed by atoms with Gasteiger partial charge < -0.3 is 9.84 Å². The molecule has 3 aromatic carbocycles. The van der Waals surface area contributed by atoms with Gasteiger partial charge in [0.25, 0.3) is 10.8 Å². The van der Waals surface area contributed by atoms with Crippen LogP contribution >= 0.6 is 11.3 Å². The molecule has 0 fully saturated rings. The molecule has 2 aromatic heterocycles. The predicted molar refractivity (Wildman–Crippen MR) is 145 cm³/mol. The topological polar surface area (TPSA) is 124 Å². The van der Waals surface area contributed by atoms with Gasteiger partial charge in [0.2, 0.25) is 0 Å². The van der Waals surface area contributed by atoms with E-state index in [9.17, 15) is 27.3 Å². The summed E-state index contributed by atoms with van der Waals surface area (Å²) >= 11 is 0.720. The van der Waals surface area contributed by atoms with E-state index in [2.05, 4.69) is 10.1 Å². The number of rotatable bonds is 8. The Hall–Kier alpha value is -4.40. The number of halogens is 3. The van der Waals surface area contributed by atoms with E-state index in [4.69, 9.17) is 9.88 Å². The molecule has 1 unspecified atom stereocenters. The van der Waals surface area contributed by atoms with Crippen molar-refractivity contribution in [2.24, 2.45) is 5.14 Å². The molecule has 1 atom stereocenters. The van der Waals surface area contributed by atoms with Gasteiger partial charge in [0.05, 0.1) is 17.1 Å². The third kappa shape index (κ3) is 5.89. The Morgan fingerprint density at radius 3 is 2.34 bits per heavy atom. The van der Waals surface area contributed by atoms with E-state index in [0.29, 0.717) is 26.6 Å². The Balaban J connectivity index is 1.71.